The zero-order chi connectivity index (χ0) is 14.7. The molecule has 1 fully saturated rings. The molecule has 2 atom stereocenters. The lowest BCUT2D eigenvalue weighted by molar-refractivity contribution is -0.139. The van der Waals surface area contributed by atoms with Crippen molar-refractivity contribution in [2.24, 2.45) is 0 Å². The van der Waals surface area contributed by atoms with Gasteiger partial charge in [-0.25, -0.2) is 0 Å². The van der Waals surface area contributed by atoms with Crippen LogP contribution in [0.5, 0.6) is 0 Å². The van der Waals surface area contributed by atoms with E-state index in [9.17, 15) is 9.90 Å². The Morgan fingerprint density at radius 3 is 2.65 bits per heavy atom. The van der Waals surface area contributed by atoms with Crippen LogP contribution in [-0.4, -0.2) is 34.1 Å². The van der Waals surface area contributed by atoms with Gasteiger partial charge in [0.15, 0.2) is 0 Å². The molecule has 5 nitrogen and oxygen atoms in total. The highest BCUT2D eigenvalue weighted by Gasteiger charge is 2.31. The number of aromatic nitrogens is 2. The van der Waals surface area contributed by atoms with E-state index in [1.165, 1.54) is 7.11 Å². The number of esters is 1. The molecule has 1 aromatic rings. The number of carbonyl (C=O) groups is 1. The fraction of sp³-hybridized carbons (Fsp3) is 0.733. The van der Waals surface area contributed by atoms with Gasteiger partial charge in [-0.2, -0.15) is 5.10 Å². The molecular weight excluding hydrogens is 256 g/mol. The fourth-order valence-electron chi connectivity index (χ4n) is 3.12. The summed E-state index contributed by atoms with van der Waals surface area (Å²) in [5.41, 5.74) is 3.01. The predicted octanol–water partition coefficient (Wildman–Crippen LogP) is 1.81. The number of hydrogen-bond donors (Lipinski definition) is 1. The second-order valence-corrected chi connectivity index (χ2v) is 5.34. The van der Waals surface area contributed by atoms with Gasteiger partial charge in [0, 0.05) is 11.3 Å². The first-order valence-electron chi connectivity index (χ1n) is 7.46. The van der Waals surface area contributed by atoms with Crippen LogP contribution in [0, 0.1) is 0 Å². The van der Waals surface area contributed by atoms with Crippen molar-refractivity contribution in [3.8, 4) is 0 Å². The SMILES string of the molecule is CCc1nn(C2CCCC2O)c(CC)c1CC(=O)OC. The lowest BCUT2D eigenvalue weighted by atomic mass is 10.1. The molecule has 1 aliphatic rings. The lowest BCUT2D eigenvalue weighted by Gasteiger charge is -2.18. The van der Waals surface area contributed by atoms with Crippen LogP contribution in [0.4, 0.5) is 0 Å². The Bertz CT molecular complexity index is 482. The van der Waals surface area contributed by atoms with Crippen molar-refractivity contribution < 1.29 is 14.6 Å². The van der Waals surface area contributed by atoms with Gasteiger partial charge in [0.1, 0.15) is 0 Å². The molecule has 0 aliphatic heterocycles. The number of carbonyl (C=O) groups excluding carboxylic acids is 1. The van der Waals surface area contributed by atoms with Crippen LogP contribution >= 0.6 is 0 Å². The highest BCUT2D eigenvalue weighted by molar-refractivity contribution is 5.73. The van der Waals surface area contributed by atoms with Crippen LogP contribution in [0.3, 0.4) is 0 Å². The molecule has 2 rings (SSSR count). The predicted molar refractivity (Wildman–Crippen MR) is 75.6 cm³/mol. The van der Waals surface area contributed by atoms with Crippen LogP contribution in [0.15, 0.2) is 0 Å². The summed E-state index contributed by atoms with van der Waals surface area (Å²) in [5, 5.41) is 14.8. The number of aliphatic hydroxyl groups excluding tert-OH is 1. The molecule has 1 saturated carbocycles. The molecule has 1 aliphatic carbocycles. The van der Waals surface area contributed by atoms with Crippen molar-refractivity contribution in [2.75, 3.05) is 7.11 Å². The van der Waals surface area contributed by atoms with Crippen molar-refractivity contribution in [3.05, 3.63) is 17.0 Å². The highest BCUT2D eigenvalue weighted by atomic mass is 16.5. The van der Waals surface area contributed by atoms with E-state index < -0.39 is 0 Å². The summed E-state index contributed by atoms with van der Waals surface area (Å²) in [6.07, 6.45) is 4.36. The molecule has 1 aromatic heterocycles. The number of ether oxygens (including phenoxy) is 1. The first-order chi connectivity index (χ1) is 9.62. The van der Waals surface area contributed by atoms with E-state index in [1.54, 1.807) is 0 Å². The standard InChI is InChI=1S/C15H24N2O3/c1-4-11-10(9-15(19)20-3)12(5-2)17(16-11)13-7-6-8-14(13)18/h13-14,18H,4-9H2,1-3H3. The van der Waals surface area contributed by atoms with Crippen molar-refractivity contribution in [1.29, 1.82) is 0 Å². The molecule has 2 unspecified atom stereocenters. The van der Waals surface area contributed by atoms with Gasteiger partial charge in [-0.1, -0.05) is 13.8 Å². The average Bonchev–Trinajstić information content (AvgIpc) is 3.01. The summed E-state index contributed by atoms with van der Waals surface area (Å²) < 4.78 is 6.75. The van der Waals surface area contributed by atoms with E-state index in [0.29, 0.717) is 0 Å². The zero-order valence-electron chi connectivity index (χ0n) is 12.6. The molecule has 0 bridgehead atoms. The summed E-state index contributed by atoms with van der Waals surface area (Å²) in [7, 11) is 1.41. The fourth-order valence-corrected chi connectivity index (χ4v) is 3.12. The van der Waals surface area contributed by atoms with E-state index >= 15 is 0 Å². The van der Waals surface area contributed by atoms with Gasteiger partial charge in [-0.05, 0) is 32.1 Å². The molecule has 0 spiro atoms. The van der Waals surface area contributed by atoms with E-state index in [4.69, 9.17) is 4.74 Å². The Morgan fingerprint density at radius 1 is 1.40 bits per heavy atom. The number of aliphatic hydroxyl groups is 1. The van der Waals surface area contributed by atoms with Crippen LogP contribution in [0.25, 0.3) is 0 Å². The Kier molecular flexibility index (Phi) is 4.81. The average molecular weight is 280 g/mol. The number of aryl methyl sites for hydroxylation is 1. The molecule has 0 amide bonds. The summed E-state index contributed by atoms with van der Waals surface area (Å²) in [6.45, 7) is 4.10. The van der Waals surface area contributed by atoms with Crippen LogP contribution in [0.1, 0.15) is 56.1 Å². The summed E-state index contributed by atoms with van der Waals surface area (Å²) >= 11 is 0. The maximum absolute atomic E-state index is 11.6. The van der Waals surface area contributed by atoms with Gasteiger partial charge < -0.3 is 9.84 Å². The quantitative estimate of drug-likeness (QED) is 0.835. The third kappa shape index (κ3) is 2.73. The first kappa shape index (κ1) is 15.0. The third-order valence-corrected chi connectivity index (χ3v) is 4.18. The zero-order valence-corrected chi connectivity index (χ0v) is 12.6. The monoisotopic (exact) mass is 280 g/mol. The molecule has 5 heteroatoms. The number of hydrogen-bond acceptors (Lipinski definition) is 4. The first-order valence-corrected chi connectivity index (χ1v) is 7.46. The van der Waals surface area contributed by atoms with Gasteiger partial charge in [0.05, 0.1) is 31.4 Å². The second-order valence-electron chi connectivity index (χ2n) is 5.34. The number of methoxy groups -OCH3 is 1. The minimum atomic E-state index is -0.323. The van der Waals surface area contributed by atoms with Gasteiger partial charge in [-0.3, -0.25) is 9.48 Å². The summed E-state index contributed by atoms with van der Waals surface area (Å²) in [5.74, 6) is -0.235. The Hall–Kier alpha value is -1.36. The highest BCUT2D eigenvalue weighted by Crippen LogP contribution is 2.32. The topological polar surface area (TPSA) is 64.3 Å². The molecule has 112 valence electrons. The van der Waals surface area contributed by atoms with Crippen LogP contribution in [-0.2, 0) is 28.8 Å². The normalized spacial score (nSPS) is 22.2. The van der Waals surface area contributed by atoms with Crippen molar-refractivity contribution >= 4 is 5.97 Å². The molecule has 0 radical (unpaired) electrons. The van der Waals surface area contributed by atoms with Crippen molar-refractivity contribution in [2.45, 2.75) is 64.5 Å². The van der Waals surface area contributed by atoms with Crippen LogP contribution in [0.2, 0.25) is 0 Å². The molecule has 0 saturated heterocycles. The van der Waals surface area contributed by atoms with E-state index in [2.05, 4.69) is 12.0 Å². The van der Waals surface area contributed by atoms with Crippen molar-refractivity contribution in [3.63, 3.8) is 0 Å². The van der Waals surface area contributed by atoms with Gasteiger partial charge in [0.25, 0.3) is 0 Å². The molecular formula is C15H24N2O3. The lowest BCUT2D eigenvalue weighted by Crippen LogP contribution is -2.21. The Balaban J connectivity index is 2.40. The minimum Gasteiger partial charge on any atom is -0.469 e. The minimum absolute atomic E-state index is 0.0571. The van der Waals surface area contributed by atoms with Gasteiger partial charge >= 0.3 is 5.97 Å². The number of rotatable bonds is 5. The van der Waals surface area contributed by atoms with Crippen molar-refractivity contribution in [1.82, 2.24) is 9.78 Å². The smallest absolute Gasteiger partial charge is 0.310 e. The Morgan fingerprint density at radius 2 is 2.15 bits per heavy atom. The van der Waals surface area contributed by atoms with Gasteiger partial charge in [0.2, 0.25) is 0 Å². The molecule has 20 heavy (non-hydrogen) atoms. The van der Waals surface area contributed by atoms with E-state index in [1.807, 2.05) is 11.6 Å². The molecule has 1 N–H and O–H groups in total. The van der Waals surface area contributed by atoms with E-state index in [0.717, 1.165) is 49.1 Å². The maximum Gasteiger partial charge on any atom is 0.310 e. The largest absolute Gasteiger partial charge is 0.469 e. The summed E-state index contributed by atoms with van der Waals surface area (Å²) in [6, 6.07) is 0.0571. The summed E-state index contributed by atoms with van der Waals surface area (Å²) in [4.78, 5) is 11.6. The van der Waals surface area contributed by atoms with E-state index in [-0.39, 0.29) is 24.5 Å². The molecule has 1 heterocycles. The third-order valence-electron chi connectivity index (χ3n) is 4.18. The Labute approximate surface area is 119 Å². The maximum atomic E-state index is 11.6. The van der Waals surface area contributed by atoms with Gasteiger partial charge in [-0.15, -0.1) is 0 Å². The number of nitrogens with zero attached hydrogens (tertiary/aromatic N) is 2. The molecule has 0 aromatic carbocycles. The second kappa shape index (κ2) is 6.39. The van der Waals surface area contributed by atoms with Crippen LogP contribution < -0.4 is 0 Å².